The Labute approximate surface area is 165 Å². The predicted molar refractivity (Wildman–Crippen MR) is 107 cm³/mol. The molecule has 2 amide bonds. The van der Waals surface area contributed by atoms with E-state index in [-0.39, 0.29) is 29.7 Å². The van der Waals surface area contributed by atoms with Crippen molar-refractivity contribution in [1.82, 2.24) is 14.9 Å². The standard InChI is InChI=1S/C20H25N3O4S/c1-15(24)22-18(16-9-5-4-6-10-16)13-20(25)21-14-17-11-7-8-12-19(17)28(26,27)23(2)3/h4-12,18H,13-14H2,1-3H3,(H,21,25)(H,22,24). The molecule has 28 heavy (non-hydrogen) atoms. The van der Waals surface area contributed by atoms with Gasteiger partial charge in [0.15, 0.2) is 0 Å². The highest BCUT2D eigenvalue weighted by atomic mass is 32.2. The molecule has 0 heterocycles. The molecule has 7 nitrogen and oxygen atoms in total. The third kappa shape index (κ3) is 5.64. The predicted octanol–water partition coefficient (Wildman–Crippen LogP) is 1.82. The molecule has 0 fully saturated rings. The van der Waals surface area contributed by atoms with Gasteiger partial charge in [-0.15, -0.1) is 0 Å². The highest BCUT2D eigenvalue weighted by Crippen LogP contribution is 2.19. The zero-order valence-corrected chi connectivity index (χ0v) is 17.0. The van der Waals surface area contributed by atoms with Crippen molar-refractivity contribution in [2.45, 2.75) is 30.8 Å². The molecule has 2 rings (SSSR count). The molecule has 0 saturated heterocycles. The van der Waals surface area contributed by atoms with Crippen LogP contribution in [-0.4, -0.2) is 38.6 Å². The van der Waals surface area contributed by atoms with Crippen molar-refractivity contribution in [2.24, 2.45) is 0 Å². The van der Waals surface area contributed by atoms with E-state index in [9.17, 15) is 18.0 Å². The van der Waals surface area contributed by atoms with Gasteiger partial charge in [0.05, 0.1) is 17.4 Å². The molecule has 2 N–H and O–H groups in total. The number of rotatable bonds is 8. The Morgan fingerprint density at radius 1 is 1.00 bits per heavy atom. The number of hydrogen-bond donors (Lipinski definition) is 2. The Morgan fingerprint density at radius 2 is 1.61 bits per heavy atom. The maximum absolute atomic E-state index is 12.5. The summed E-state index contributed by atoms with van der Waals surface area (Å²) < 4.78 is 26.0. The highest BCUT2D eigenvalue weighted by molar-refractivity contribution is 7.89. The first-order valence-corrected chi connectivity index (χ1v) is 10.2. The first-order chi connectivity index (χ1) is 13.2. The van der Waals surface area contributed by atoms with E-state index >= 15 is 0 Å². The average Bonchev–Trinajstić information content (AvgIpc) is 2.66. The van der Waals surface area contributed by atoms with Crippen LogP contribution >= 0.6 is 0 Å². The quantitative estimate of drug-likeness (QED) is 0.703. The first kappa shape index (κ1) is 21.6. The molecular formula is C20H25N3O4S. The monoisotopic (exact) mass is 403 g/mol. The van der Waals surface area contributed by atoms with Gasteiger partial charge >= 0.3 is 0 Å². The van der Waals surface area contributed by atoms with Gasteiger partial charge in [-0.25, -0.2) is 12.7 Å². The SMILES string of the molecule is CC(=O)NC(CC(=O)NCc1ccccc1S(=O)(=O)N(C)C)c1ccccc1. The van der Waals surface area contributed by atoms with Crippen LogP contribution in [-0.2, 0) is 26.2 Å². The maximum Gasteiger partial charge on any atom is 0.242 e. The average molecular weight is 404 g/mol. The van der Waals surface area contributed by atoms with E-state index in [1.165, 1.54) is 27.1 Å². The molecule has 1 unspecified atom stereocenters. The van der Waals surface area contributed by atoms with Gasteiger partial charge in [0.25, 0.3) is 0 Å². The maximum atomic E-state index is 12.5. The van der Waals surface area contributed by atoms with Crippen molar-refractivity contribution in [3.8, 4) is 0 Å². The molecule has 0 aromatic heterocycles. The van der Waals surface area contributed by atoms with Crippen LogP contribution < -0.4 is 10.6 Å². The van der Waals surface area contributed by atoms with Gasteiger partial charge in [-0.3, -0.25) is 9.59 Å². The highest BCUT2D eigenvalue weighted by Gasteiger charge is 2.21. The fourth-order valence-corrected chi connectivity index (χ4v) is 3.85. The van der Waals surface area contributed by atoms with Crippen LogP contribution in [0.2, 0.25) is 0 Å². The Kier molecular flexibility index (Phi) is 7.31. The lowest BCUT2D eigenvalue weighted by molar-refractivity contribution is -0.122. The summed E-state index contributed by atoms with van der Waals surface area (Å²) in [5.74, 6) is -0.524. The second-order valence-corrected chi connectivity index (χ2v) is 8.66. The fourth-order valence-electron chi connectivity index (χ4n) is 2.73. The largest absolute Gasteiger partial charge is 0.352 e. The van der Waals surface area contributed by atoms with Crippen molar-refractivity contribution in [3.05, 3.63) is 65.7 Å². The lowest BCUT2D eigenvalue weighted by Crippen LogP contribution is -2.33. The molecule has 2 aromatic carbocycles. The summed E-state index contributed by atoms with van der Waals surface area (Å²) in [7, 11) is -0.691. The third-order valence-corrected chi connectivity index (χ3v) is 6.09. The van der Waals surface area contributed by atoms with Crippen LogP contribution in [0.1, 0.15) is 30.5 Å². The molecule has 0 aliphatic carbocycles. The number of benzene rings is 2. The van der Waals surface area contributed by atoms with E-state index < -0.39 is 16.1 Å². The zero-order chi connectivity index (χ0) is 20.7. The number of carbonyl (C=O) groups is 2. The van der Waals surface area contributed by atoms with E-state index in [1.54, 1.807) is 18.2 Å². The van der Waals surface area contributed by atoms with Crippen molar-refractivity contribution >= 4 is 21.8 Å². The molecule has 2 aromatic rings. The number of amides is 2. The molecule has 0 spiro atoms. The van der Waals surface area contributed by atoms with Gasteiger partial charge in [-0.1, -0.05) is 48.5 Å². The Balaban J connectivity index is 2.11. The Hall–Kier alpha value is -2.71. The molecule has 0 aliphatic heterocycles. The van der Waals surface area contributed by atoms with Crippen LogP contribution in [0.5, 0.6) is 0 Å². The van der Waals surface area contributed by atoms with Crippen molar-refractivity contribution in [1.29, 1.82) is 0 Å². The summed E-state index contributed by atoms with van der Waals surface area (Å²) in [5, 5.41) is 5.52. The van der Waals surface area contributed by atoms with Crippen LogP contribution in [0, 0.1) is 0 Å². The summed E-state index contributed by atoms with van der Waals surface area (Å²) in [6.07, 6.45) is 0.0478. The number of nitrogens with zero attached hydrogens (tertiary/aromatic N) is 1. The van der Waals surface area contributed by atoms with Gasteiger partial charge < -0.3 is 10.6 Å². The number of carbonyl (C=O) groups excluding carboxylic acids is 2. The minimum atomic E-state index is -3.61. The van der Waals surface area contributed by atoms with E-state index in [0.29, 0.717) is 5.56 Å². The molecule has 0 saturated carbocycles. The van der Waals surface area contributed by atoms with Gasteiger partial charge in [0.1, 0.15) is 0 Å². The fraction of sp³-hybridized carbons (Fsp3) is 0.300. The second-order valence-electron chi connectivity index (χ2n) is 6.54. The first-order valence-electron chi connectivity index (χ1n) is 8.81. The van der Waals surface area contributed by atoms with E-state index in [0.717, 1.165) is 9.87 Å². The van der Waals surface area contributed by atoms with Crippen LogP contribution in [0.3, 0.4) is 0 Å². The Bertz CT molecular complexity index is 927. The molecule has 1 atom stereocenters. The summed E-state index contributed by atoms with van der Waals surface area (Å²) in [6.45, 7) is 1.47. The van der Waals surface area contributed by atoms with Gasteiger partial charge in [0, 0.05) is 27.6 Å². The number of hydrogen-bond acceptors (Lipinski definition) is 4. The zero-order valence-electron chi connectivity index (χ0n) is 16.2. The molecule has 0 aliphatic rings. The third-order valence-electron chi connectivity index (χ3n) is 4.18. The van der Waals surface area contributed by atoms with Crippen molar-refractivity contribution in [3.63, 3.8) is 0 Å². The van der Waals surface area contributed by atoms with Gasteiger partial charge in [-0.2, -0.15) is 0 Å². The lowest BCUT2D eigenvalue weighted by Gasteiger charge is -2.19. The normalized spacial score (nSPS) is 12.4. The summed E-state index contributed by atoms with van der Waals surface area (Å²) in [6, 6.07) is 15.3. The molecule has 150 valence electrons. The van der Waals surface area contributed by atoms with Crippen LogP contribution in [0.25, 0.3) is 0 Å². The van der Waals surface area contributed by atoms with Crippen molar-refractivity contribution in [2.75, 3.05) is 14.1 Å². The minimum Gasteiger partial charge on any atom is -0.352 e. The molecule has 8 heteroatoms. The van der Waals surface area contributed by atoms with E-state index in [4.69, 9.17) is 0 Å². The lowest BCUT2D eigenvalue weighted by atomic mass is 10.0. The summed E-state index contributed by atoms with van der Waals surface area (Å²) in [5.41, 5.74) is 1.32. The number of sulfonamides is 1. The van der Waals surface area contributed by atoms with Crippen LogP contribution in [0.4, 0.5) is 0 Å². The van der Waals surface area contributed by atoms with Gasteiger partial charge in [0.2, 0.25) is 21.8 Å². The molecule has 0 bridgehead atoms. The summed E-state index contributed by atoms with van der Waals surface area (Å²) >= 11 is 0. The van der Waals surface area contributed by atoms with E-state index in [1.807, 2.05) is 30.3 Å². The minimum absolute atomic E-state index is 0.0478. The second kappa shape index (κ2) is 9.48. The smallest absolute Gasteiger partial charge is 0.242 e. The Morgan fingerprint density at radius 3 is 2.21 bits per heavy atom. The topological polar surface area (TPSA) is 95.6 Å². The molecule has 0 radical (unpaired) electrons. The molecular weight excluding hydrogens is 378 g/mol. The summed E-state index contributed by atoms with van der Waals surface area (Å²) in [4.78, 5) is 24.1. The van der Waals surface area contributed by atoms with Crippen molar-refractivity contribution < 1.29 is 18.0 Å². The van der Waals surface area contributed by atoms with E-state index in [2.05, 4.69) is 10.6 Å². The number of nitrogens with one attached hydrogen (secondary N) is 2. The van der Waals surface area contributed by atoms with Gasteiger partial charge in [-0.05, 0) is 17.2 Å². The van der Waals surface area contributed by atoms with Crippen LogP contribution in [0.15, 0.2) is 59.5 Å².